The lowest BCUT2D eigenvalue weighted by Gasteiger charge is -2.12. The van der Waals surface area contributed by atoms with Crippen molar-refractivity contribution in [2.24, 2.45) is 0 Å². The molecule has 94 valence electrons. The number of esters is 1. The molecule has 1 rings (SSSR count). The second-order valence-electron chi connectivity index (χ2n) is 3.71. The summed E-state index contributed by atoms with van der Waals surface area (Å²) in [6.07, 6.45) is 0.305. The molecule has 0 heterocycles. The van der Waals surface area contributed by atoms with Crippen LogP contribution in [-0.2, 0) is 21.3 Å². The van der Waals surface area contributed by atoms with E-state index in [9.17, 15) is 4.79 Å². The van der Waals surface area contributed by atoms with Gasteiger partial charge in [0.25, 0.3) is 0 Å². The van der Waals surface area contributed by atoms with E-state index in [1.54, 1.807) is 7.11 Å². The van der Waals surface area contributed by atoms with Crippen molar-refractivity contribution >= 4 is 21.9 Å². The van der Waals surface area contributed by atoms with E-state index >= 15 is 0 Å². The average Bonchev–Trinajstić information content (AvgIpc) is 2.29. The normalized spacial score (nSPS) is 10.1. The van der Waals surface area contributed by atoms with Gasteiger partial charge in [-0.2, -0.15) is 0 Å². The Kier molecular flexibility index (Phi) is 5.48. The predicted molar refractivity (Wildman–Crippen MR) is 70.7 cm³/mol. The van der Waals surface area contributed by atoms with Crippen LogP contribution in [0.4, 0.5) is 0 Å². The van der Waals surface area contributed by atoms with Crippen LogP contribution in [0.3, 0.4) is 0 Å². The molecule has 0 saturated carbocycles. The number of rotatable bonds is 5. The Labute approximate surface area is 110 Å². The fourth-order valence-corrected chi connectivity index (χ4v) is 2.19. The van der Waals surface area contributed by atoms with E-state index in [1.165, 1.54) is 0 Å². The first kappa shape index (κ1) is 14.0. The van der Waals surface area contributed by atoms with E-state index in [-0.39, 0.29) is 5.97 Å². The van der Waals surface area contributed by atoms with Gasteiger partial charge in [0.2, 0.25) is 0 Å². The molecule has 0 amide bonds. The van der Waals surface area contributed by atoms with Crippen molar-refractivity contribution in [2.45, 2.75) is 25.6 Å². The van der Waals surface area contributed by atoms with E-state index < -0.39 is 0 Å². The van der Waals surface area contributed by atoms with E-state index in [0.29, 0.717) is 18.4 Å². The van der Waals surface area contributed by atoms with Gasteiger partial charge in [0.1, 0.15) is 5.75 Å². The Bertz CT molecular complexity index is 402. The summed E-state index contributed by atoms with van der Waals surface area (Å²) in [7, 11) is 1.64. The maximum absolute atomic E-state index is 11.5. The lowest BCUT2D eigenvalue weighted by Crippen LogP contribution is -2.09. The number of hydrogen-bond donors (Lipinski definition) is 0. The molecule has 0 aliphatic carbocycles. The fraction of sp³-hybridized carbons (Fsp3) is 0.462. The van der Waals surface area contributed by atoms with Gasteiger partial charge in [-0.05, 0) is 36.6 Å². The van der Waals surface area contributed by atoms with Crippen LogP contribution >= 0.6 is 15.9 Å². The Morgan fingerprint density at radius 2 is 2.06 bits per heavy atom. The molecular formula is C13H17BrO3. The molecule has 3 nitrogen and oxygen atoms in total. The highest BCUT2D eigenvalue weighted by molar-refractivity contribution is 9.08. The molecular weight excluding hydrogens is 284 g/mol. The number of carbonyl (C=O) groups excluding carboxylic acids is 1. The molecule has 0 N–H and O–H groups in total. The number of carbonyl (C=O) groups is 1. The molecule has 0 aliphatic heterocycles. The van der Waals surface area contributed by atoms with E-state index in [4.69, 9.17) is 9.47 Å². The summed E-state index contributed by atoms with van der Waals surface area (Å²) < 4.78 is 10.2. The van der Waals surface area contributed by atoms with Gasteiger partial charge in [0, 0.05) is 5.33 Å². The molecule has 0 unspecified atom stereocenters. The maximum Gasteiger partial charge on any atom is 0.310 e. The van der Waals surface area contributed by atoms with Crippen molar-refractivity contribution in [3.63, 3.8) is 0 Å². The quantitative estimate of drug-likeness (QED) is 0.619. The van der Waals surface area contributed by atoms with Gasteiger partial charge in [-0.15, -0.1) is 0 Å². The van der Waals surface area contributed by atoms with Crippen LogP contribution in [0.1, 0.15) is 23.6 Å². The monoisotopic (exact) mass is 300 g/mol. The summed E-state index contributed by atoms with van der Waals surface area (Å²) in [5, 5.41) is 0.693. The Morgan fingerprint density at radius 3 is 2.59 bits per heavy atom. The fourth-order valence-electron chi connectivity index (χ4n) is 1.67. The third-order valence-electron chi connectivity index (χ3n) is 2.50. The lowest BCUT2D eigenvalue weighted by atomic mass is 10.0. The molecule has 1 aromatic carbocycles. The minimum Gasteiger partial charge on any atom is -0.496 e. The Balaban J connectivity index is 2.98. The topological polar surface area (TPSA) is 35.5 Å². The number of benzene rings is 1. The molecule has 0 spiro atoms. The number of halogens is 1. The van der Waals surface area contributed by atoms with Crippen LogP contribution in [0.15, 0.2) is 12.1 Å². The van der Waals surface area contributed by atoms with Gasteiger partial charge in [-0.3, -0.25) is 4.79 Å². The third kappa shape index (κ3) is 3.73. The number of methoxy groups -OCH3 is 1. The van der Waals surface area contributed by atoms with Crippen LogP contribution < -0.4 is 4.74 Å². The molecule has 0 radical (unpaired) electrons. The summed E-state index contributed by atoms with van der Waals surface area (Å²) in [5.41, 5.74) is 3.07. The van der Waals surface area contributed by atoms with Crippen LogP contribution in [0, 0.1) is 6.92 Å². The summed E-state index contributed by atoms with van der Waals surface area (Å²) in [6.45, 7) is 4.19. The van der Waals surface area contributed by atoms with Gasteiger partial charge in [-0.25, -0.2) is 0 Å². The second kappa shape index (κ2) is 6.64. The molecule has 0 atom stereocenters. The molecule has 0 bridgehead atoms. The van der Waals surface area contributed by atoms with Gasteiger partial charge >= 0.3 is 5.97 Å². The maximum atomic E-state index is 11.5. The first-order valence-electron chi connectivity index (χ1n) is 5.50. The highest BCUT2D eigenvalue weighted by atomic mass is 79.9. The van der Waals surface area contributed by atoms with Crippen molar-refractivity contribution in [1.82, 2.24) is 0 Å². The highest BCUT2D eigenvalue weighted by Crippen LogP contribution is 2.25. The van der Waals surface area contributed by atoms with Crippen molar-refractivity contribution in [1.29, 1.82) is 0 Å². The Hall–Kier alpha value is -1.03. The summed E-state index contributed by atoms with van der Waals surface area (Å²) >= 11 is 3.42. The van der Waals surface area contributed by atoms with Gasteiger partial charge in [-0.1, -0.05) is 22.0 Å². The number of aryl methyl sites for hydroxylation is 1. The van der Waals surface area contributed by atoms with Crippen LogP contribution in [0.2, 0.25) is 0 Å². The summed E-state index contributed by atoms with van der Waals surface area (Å²) in [5.74, 6) is 0.645. The van der Waals surface area contributed by atoms with Crippen molar-refractivity contribution in [3.05, 3.63) is 28.8 Å². The molecule has 17 heavy (non-hydrogen) atoms. The van der Waals surface area contributed by atoms with Crippen LogP contribution in [0.25, 0.3) is 0 Å². The van der Waals surface area contributed by atoms with Crippen LogP contribution in [0.5, 0.6) is 5.75 Å². The molecule has 4 heteroatoms. The smallest absolute Gasteiger partial charge is 0.310 e. The first-order valence-corrected chi connectivity index (χ1v) is 6.62. The van der Waals surface area contributed by atoms with Crippen molar-refractivity contribution < 1.29 is 14.3 Å². The largest absolute Gasteiger partial charge is 0.496 e. The van der Waals surface area contributed by atoms with E-state index in [1.807, 2.05) is 26.0 Å². The SMILES string of the molecule is CCOC(=O)Cc1cc(C)c(OC)cc1CBr. The zero-order valence-electron chi connectivity index (χ0n) is 10.4. The second-order valence-corrected chi connectivity index (χ2v) is 4.27. The first-order chi connectivity index (χ1) is 8.12. The minimum absolute atomic E-state index is 0.195. The predicted octanol–water partition coefficient (Wildman–Crippen LogP) is 3.00. The van der Waals surface area contributed by atoms with E-state index in [2.05, 4.69) is 15.9 Å². The molecule has 0 aliphatic rings. The third-order valence-corrected chi connectivity index (χ3v) is 3.11. The van der Waals surface area contributed by atoms with Crippen molar-refractivity contribution in [3.8, 4) is 5.75 Å². The lowest BCUT2D eigenvalue weighted by molar-refractivity contribution is -0.142. The number of ether oxygens (including phenoxy) is 2. The summed E-state index contributed by atoms with van der Waals surface area (Å²) in [6, 6.07) is 3.94. The van der Waals surface area contributed by atoms with Gasteiger partial charge in [0.15, 0.2) is 0 Å². The number of hydrogen-bond acceptors (Lipinski definition) is 3. The summed E-state index contributed by atoms with van der Waals surface area (Å²) in [4.78, 5) is 11.5. The zero-order chi connectivity index (χ0) is 12.8. The molecule has 0 saturated heterocycles. The van der Waals surface area contributed by atoms with Crippen LogP contribution in [-0.4, -0.2) is 19.7 Å². The minimum atomic E-state index is -0.195. The van der Waals surface area contributed by atoms with Crippen molar-refractivity contribution in [2.75, 3.05) is 13.7 Å². The van der Waals surface area contributed by atoms with Gasteiger partial charge in [0.05, 0.1) is 20.1 Å². The number of alkyl halides is 1. The van der Waals surface area contributed by atoms with E-state index in [0.717, 1.165) is 22.4 Å². The zero-order valence-corrected chi connectivity index (χ0v) is 12.0. The average molecular weight is 301 g/mol. The molecule has 0 aromatic heterocycles. The standard InChI is InChI=1S/C13H17BrO3/c1-4-17-13(15)7-10-5-9(2)12(16-3)6-11(10)8-14/h5-6H,4,7-8H2,1-3H3. The molecule has 1 aromatic rings. The Morgan fingerprint density at radius 1 is 1.35 bits per heavy atom. The van der Waals surface area contributed by atoms with Gasteiger partial charge < -0.3 is 9.47 Å². The highest BCUT2D eigenvalue weighted by Gasteiger charge is 2.11. The molecule has 0 fully saturated rings.